The molecule has 35 heavy (non-hydrogen) atoms. The maximum Gasteiger partial charge on any atom is 0.254 e. The van der Waals surface area contributed by atoms with Crippen molar-refractivity contribution in [2.24, 2.45) is 17.9 Å². The Hall–Kier alpha value is -2.54. The van der Waals surface area contributed by atoms with Gasteiger partial charge in [-0.15, -0.1) is 0 Å². The SMILES string of the molecule is COc1cc(C(=O)N2CCC3(CC2)CC(=O)C2=C(C3)SC(C(C)(C)C)=CC2)cc2c1c(C)nn2C. The summed E-state index contributed by atoms with van der Waals surface area (Å²) in [4.78, 5) is 31.2. The van der Waals surface area contributed by atoms with Crippen molar-refractivity contribution < 1.29 is 14.3 Å². The second-order valence-electron chi connectivity index (χ2n) is 11.4. The fourth-order valence-electron chi connectivity index (χ4n) is 5.82. The Bertz CT molecular complexity index is 1290. The molecule has 1 amide bonds. The van der Waals surface area contributed by atoms with Crippen LogP contribution in [0.5, 0.6) is 5.75 Å². The molecule has 0 radical (unpaired) electrons. The Morgan fingerprint density at radius 3 is 2.54 bits per heavy atom. The molecular formula is C28H35N3O3S. The second-order valence-corrected chi connectivity index (χ2v) is 12.5. The van der Waals surface area contributed by atoms with Crippen molar-refractivity contribution in [1.82, 2.24) is 14.7 Å². The Labute approximate surface area is 211 Å². The van der Waals surface area contributed by atoms with Crippen LogP contribution in [0.4, 0.5) is 0 Å². The number of ketones is 1. The molecule has 1 aromatic carbocycles. The molecule has 1 spiro atoms. The van der Waals surface area contributed by atoms with E-state index in [9.17, 15) is 9.59 Å². The minimum absolute atomic E-state index is 0.0194. The zero-order valence-electron chi connectivity index (χ0n) is 21.7. The van der Waals surface area contributed by atoms with E-state index in [4.69, 9.17) is 4.74 Å². The number of ether oxygens (including phenoxy) is 1. The van der Waals surface area contributed by atoms with Gasteiger partial charge in [-0.2, -0.15) is 5.10 Å². The number of Topliss-reactive ketones (excluding diaryl/α,β-unsaturated/α-hetero) is 1. The van der Waals surface area contributed by atoms with E-state index in [-0.39, 0.29) is 16.7 Å². The number of aryl methyl sites for hydroxylation is 2. The number of piperidine rings is 1. The molecule has 5 rings (SSSR count). The number of nitrogens with zero attached hydrogens (tertiary/aromatic N) is 3. The number of methoxy groups -OCH3 is 1. The van der Waals surface area contributed by atoms with E-state index in [1.54, 1.807) is 11.8 Å². The number of likely N-dealkylation sites (tertiary alicyclic amines) is 1. The number of amides is 1. The highest BCUT2D eigenvalue weighted by Gasteiger charge is 2.44. The lowest BCUT2D eigenvalue weighted by atomic mass is 9.67. The number of benzene rings is 1. The largest absolute Gasteiger partial charge is 0.496 e. The van der Waals surface area contributed by atoms with E-state index in [0.717, 1.165) is 47.9 Å². The molecular weight excluding hydrogens is 458 g/mol. The summed E-state index contributed by atoms with van der Waals surface area (Å²) in [6.45, 7) is 10.0. The Morgan fingerprint density at radius 1 is 1.17 bits per heavy atom. The standard InChI is InChI=1S/C28H35N3O3S/c1-17-25-20(30(5)29-17)13-18(14-22(25)34-6)26(33)31-11-9-28(10-12-31)15-21(32)19-7-8-24(27(2,3)4)35-23(19)16-28/h8,13-14H,7,9-12,15-16H2,1-6H3. The first-order valence-electron chi connectivity index (χ1n) is 12.5. The third-order valence-corrected chi connectivity index (χ3v) is 9.51. The number of carbonyl (C=O) groups excluding carboxylic acids is 2. The highest BCUT2D eigenvalue weighted by Crippen LogP contribution is 2.54. The van der Waals surface area contributed by atoms with Crippen molar-refractivity contribution in [1.29, 1.82) is 0 Å². The van der Waals surface area contributed by atoms with Gasteiger partial charge in [-0.05, 0) is 65.4 Å². The predicted molar refractivity (Wildman–Crippen MR) is 141 cm³/mol. The van der Waals surface area contributed by atoms with E-state index in [1.165, 1.54) is 9.81 Å². The summed E-state index contributed by atoms with van der Waals surface area (Å²) in [5, 5.41) is 5.45. The molecule has 3 heterocycles. The maximum absolute atomic E-state index is 13.5. The number of thioether (sulfide) groups is 1. The molecule has 3 aliphatic rings. The Morgan fingerprint density at radius 2 is 1.89 bits per heavy atom. The number of aromatic nitrogens is 2. The molecule has 6 nitrogen and oxygen atoms in total. The van der Waals surface area contributed by atoms with E-state index in [2.05, 4.69) is 31.9 Å². The lowest BCUT2D eigenvalue weighted by Gasteiger charge is -2.45. The van der Waals surface area contributed by atoms with Crippen LogP contribution < -0.4 is 4.74 Å². The number of fused-ring (bicyclic) bond motifs is 1. The van der Waals surface area contributed by atoms with Gasteiger partial charge in [-0.3, -0.25) is 14.3 Å². The normalized spacial score (nSPS) is 20.3. The number of allylic oxidation sites excluding steroid dienone is 4. The first-order chi connectivity index (χ1) is 16.5. The Balaban J connectivity index is 1.33. The van der Waals surface area contributed by atoms with E-state index >= 15 is 0 Å². The average molecular weight is 494 g/mol. The topological polar surface area (TPSA) is 64.4 Å². The molecule has 1 saturated heterocycles. The smallest absolute Gasteiger partial charge is 0.254 e. The number of carbonyl (C=O) groups is 2. The van der Waals surface area contributed by atoms with Crippen LogP contribution in [-0.2, 0) is 11.8 Å². The molecule has 1 fully saturated rings. The van der Waals surface area contributed by atoms with Crippen molar-refractivity contribution in [3.63, 3.8) is 0 Å². The van der Waals surface area contributed by atoms with Gasteiger partial charge in [0.25, 0.3) is 5.91 Å². The minimum Gasteiger partial charge on any atom is -0.496 e. The summed E-state index contributed by atoms with van der Waals surface area (Å²) in [7, 11) is 3.52. The van der Waals surface area contributed by atoms with Gasteiger partial charge in [0.2, 0.25) is 0 Å². The maximum atomic E-state index is 13.5. The molecule has 186 valence electrons. The van der Waals surface area contributed by atoms with Gasteiger partial charge in [0, 0.05) is 37.7 Å². The van der Waals surface area contributed by atoms with Gasteiger partial charge in [0.15, 0.2) is 5.78 Å². The third kappa shape index (κ3) is 4.22. The van der Waals surface area contributed by atoms with Crippen molar-refractivity contribution in [3.05, 3.63) is 44.8 Å². The van der Waals surface area contributed by atoms with Crippen LogP contribution in [0.2, 0.25) is 0 Å². The monoisotopic (exact) mass is 493 g/mol. The van der Waals surface area contributed by atoms with Gasteiger partial charge < -0.3 is 9.64 Å². The highest BCUT2D eigenvalue weighted by atomic mass is 32.2. The van der Waals surface area contributed by atoms with Crippen LogP contribution in [0.25, 0.3) is 10.9 Å². The molecule has 2 aromatic rings. The van der Waals surface area contributed by atoms with Crippen LogP contribution in [0, 0.1) is 17.8 Å². The fraction of sp³-hybridized carbons (Fsp3) is 0.536. The molecule has 2 aliphatic heterocycles. The minimum atomic E-state index is -0.0270. The zero-order valence-corrected chi connectivity index (χ0v) is 22.5. The molecule has 7 heteroatoms. The second kappa shape index (κ2) is 8.54. The quantitative estimate of drug-likeness (QED) is 0.529. The summed E-state index contributed by atoms with van der Waals surface area (Å²) in [5.41, 5.74) is 3.51. The molecule has 0 saturated carbocycles. The van der Waals surface area contributed by atoms with Crippen LogP contribution in [-0.4, -0.2) is 46.6 Å². The van der Waals surface area contributed by atoms with Crippen LogP contribution >= 0.6 is 11.8 Å². The van der Waals surface area contributed by atoms with Gasteiger partial charge in [-0.25, -0.2) is 0 Å². The molecule has 0 atom stereocenters. The van der Waals surface area contributed by atoms with Crippen molar-refractivity contribution in [2.45, 2.75) is 59.8 Å². The summed E-state index contributed by atoms with van der Waals surface area (Å²) in [6, 6.07) is 3.76. The fourth-order valence-corrected chi connectivity index (χ4v) is 7.26. The molecule has 0 unspecified atom stereocenters. The zero-order chi connectivity index (χ0) is 25.1. The van der Waals surface area contributed by atoms with Crippen molar-refractivity contribution >= 4 is 34.4 Å². The van der Waals surface area contributed by atoms with E-state index in [0.29, 0.717) is 36.6 Å². The van der Waals surface area contributed by atoms with Crippen LogP contribution in [0.15, 0.2) is 33.6 Å². The molecule has 0 bridgehead atoms. The van der Waals surface area contributed by atoms with Gasteiger partial charge in [-0.1, -0.05) is 38.6 Å². The third-order valence-electron chi connectivity index (χ3n) is 7.88. The van der Waals surface area contributed by atoms with Gasteiger partial charge >= 0.3 is 0 Å². The molecule has 1 aromatic heterocycles. The van der Waals surface area contributed by atoms with Crippen LogP contribution in [0.3, 0.4) is 0 Å². The van der Waals surface area contributed by atoms with Crippen molar-refractivity contribution in [3.8, 4) is 5.75 Å². The predicted octanol–water partition coefficient (Wildman–Crippen LogP) is 5.80. The number of hydrogen-bond donors (Lipinski definition) is 0. The average Bonchev–Trinajstić information content (AvgIpc) is 3.11. The summed E-state index contributed by atoms with van der Waals surface area (Å²) >= 11 is 1.82. The van der Waals surface area contributed by atoms with E-state index in [1.807, 2.05) is 42.8 Å². The number of rotatable bonds is 2. The molecule has 0 N–H and O–H groups in total. The Kier molecular flexibility index (Phi) is 5.90. The van der Waals surface area contributed by atoms with Gasteiger partial charge in [0.1, 0.15) is 5.75 Å². The van der Waals surface area contributed by atoms with Crippen LogP contribution in [0.1, 0.15) is 68.9 Å². The highest BCUT2D eigenvalue weighted by molar-refractivity contribution is 8.06. The lowest BCUT2D eigenvalue weighted by molar-refractivity contribution is -0.119. The first-order valence-corrected chi connectivity index (χ1v) is 13.3. The summed E-state index contributed by atoms with van der Waals surface area (Å²) in [5.74, 6) is 1.01. The first kappa shape index (κ1) is 24.2. The van der Waals surface area contributed by atoms with E-state index < -0.39 is 0 Å². The van der Waals surface area contributed by atoms with Gasteiger partial charge in [0.05, 0.1) is 23.7 Å². The summed E-state index contributed by atoms with van der Waals surface area (Å²) in [6.07, 6.45) is 6.31. The van der Waals surface area contributed by atoms with Crippen molar-refractivity contribution in [2.75, 3.05) is 20.2 Å². The molecule has 1 aliphatic carbocycles. The number of hydrogen-bond acceptors (Lipinski definition) is 5. The summed E-state index contributed by atoms with van der Waals surface area (Å²) < 4.78 is 7.41. The lowest BCUT2D eigenvalue weighted by Crippen LogP contribution is -2.45.